The van der Waals surface area contributed by atoms with Gasteiger partial charge in [-0.2, -0.15) is 0 Å². The topological polar surface area (TPSA) is 64.6 Å². The van der Waals surface area contributed by atoms with Gasteiger partial charge in [-0.3, -0.25) is 0 Å². The summed E-state index contributed by atoms with van der Waals surface area (Å²) in [5, 5.41) is 0. The molecule has 1 fully saturated rings. The minimum Gasteiger partial charge on any atom is -0.368 e. The Balaban J connectivity index is 2.34. The first-order valence-corrected chi connectivity index (χ1v) is 2.78. The number of rotatable bonds is 2. The van der Waals surface area contributed by atoms with Gasteiger partial charge in [-0.15, -0.1) is 0 Å². The van der Waals surface area contributed by atoms with E-state index in [1.54, 1.807) is 0 Å². The molecule has 2 atom stereocenters. The standard InChI is InChI=1S/C5H12N2O/c1-5(3-8-5)4(7)2-6/h4H,2-3,6-7H2,1H3. The fraction of sp³-hybridized carbons (Fsp3) is 1.00. The Morgan fingerprint density at radius 2 is 2.38 bits per heavy atom. The smallest absolute Gasteiger partial charge is 0.105 e. The summed E-state index contributed by atoms with van der Waals surface area (Å²) >= 11 is 0. The second kappa shape index (κ2) is 1.69. The highest BCUT2D eigenvalue weighted by Crippen LogP contribution is 2.27. The lowest BCUT2D eigenvalue weighted by Gasteiger charge is -2.11. The third kappa shape index (κ3) is 0.844. The van der Waals surface area contributed by atoms with Crippen LogP contribution < -0.4 is 11.5 Å². The number of hydrogen-bond donors (Lipinski definition) is 2. The fourth-order valence-corrected chi connectivity index (χ4v) is 0.577. The van der Waals surface area contributed by atoms with Gasteiger partial charge in [-0.25, -0.2) is 0 Å². The normalized spacial score (nSPS) is 39.4. The van der Waals surface area contributed by atoms with Gasteiger partial charge in [-0.1, -0.05) is 0 Å². The molecule has 0 aromatic rings. The van der Waals surface area contributed by atoms with Crippen molar-refractivity contribution in [2.45, 2.75) is 18.6 Å². The maximum absolute atomic E-state index is 5.56. The van der Waals surface area contributed by atoms with Crippen LogP contribution >= 0.6 is 0 Å². The molecule has 1 aliphatic rings. The summed E-state index contributed by atoms with van der Waals surface area (Å²) in [7, 11) is 0. The molecule has 0 aromatic heterocycles. The first kappa shape index (κ1) is 6.01. The molecule has 3 nitrogen and oxygen atoms in total. The number of ether oxygens (including phenoxy) is 1. The molecule has 0 spiro atoms. The molecule has 4 N–H and O–H groups in total. The van der Waals surface area contributed by atoms with Crippen LogP contribution in [0.3, 0.4) is 0 Å². The minimum absolute atomic E-state index is 0.0162. The second-order valence-corrected chi connectivity index (χ2v) is 2.44. The molecule has 2 unspecified atom stereocenters. The van der Waals surface area contributed by atoms with Crippen LogP contribution in [0, 0.1) is 0 Å². The summed E-state index contributed by atoms with van der Waals surface area (Å²) in [5.74, 6) is 0. The molecule has 0 radical (unpaired) electrons. The minimum atomic E-state index is -0.0885. The van der Waals surface area contributed by atoms with Gasteiger partial charge in [0.15, 0.2) is 0 Å². The highest BCUT2D eigenvalue weighted by Gasteiger charge is 2.44. The quantitative estimate of drug-likeness (QED) is 0.458. The van der Waals surface area contributed by atoms with Crippen molar-refractivity contribution in [3.8, 4) is 0 Å². The van der Waals surface area contributed by atoms with Crippen molar-refractivity contribution in [1.29, 1.82) is 0 Å². The van der Waals surface area contributed by atoms with E-state index < -0.39 is 0 Å². The molecule has 0 bridgehead atoms. The van der Waals surface area contributed by atoms with Crippen LogP contribution in [0.15, 0.2) is 0 Å². The van der Waals surface area contributed by atoms with E-state index in [2.05, 4.69) is 0 Å². The zero-order valence-corrected chi connectivity index (χ0v) is 5.05. The summed E-state index contributed by atoms with van der Waals surface area (Å²) in [6.45, 7) is 3.26. The summed E-state index contributed by atoms with van der Waals surface area (Å²) in [5.41, 5.74) is 10.8. The zero-order valence-electron chi connectivity index (χ0n) is 5.05. The van der Waals surface area contributed by atoms with E-state index in [4.69, 9.17) is 16.2 Å². The Bertz CT molecular complexity index is 90.4. The lowest BCUT2D eigenvalue weighted by atomic mass is 10.1. The Morgan fingerprint density at radius 1 is 1.88 bits per heavy atom. The highest BCUT2D eigenvalue weighted by molar-refractivity contribution is 4.97. The summed E-state index contributed by atoms with van der Waals surface area (Å²) in [4.78, 5) is 0. The van der Waals surface area contributed by atoms with Crippen molar-refractivity contribution in [2.24, 2.45) is 11.5 Å². The Kier molecular flexibility index (Phi) is 1.27. The van der Waals surface area contributed by atoms with E-state index in [0.717, 1.165) is 6.61 Å². The van der Waals surface area contributed by atoms with Crippen LogP contribution in [-0.4, -0.2) is 24.8 Å². The van der Waals surface area contributed by atoms with Gasteiger partial charge < -0.3 is 16.2 Å². The molecule has 3 heteroatoms. The van der Waals surface area contributed by atoms with Crippen molar-refractivity contribution >= 4 is 0 Å². The number of nitrogens with two attached hydrogens (primary N) is 2. The molecule has 0 amide bonds. The lowest BCUT2D eigenvalue weighted by Crippen LogP contribution is -2.41. The average molecular weight is 116 g/mol. The molecule has 1 heterocycles. The second-order valence-electron chi connectivity index (χ2n) is 2.44. The predicted octanol–water partition coefficient (Wildman–Crippen LogP) is -0.939. The molecular formula is C5H12N2O. The van der Waals surface area contributed by atoms with Gasteiger partial charge in [0.1, 0.15) is 5.60 Å². The van der Waals surface area contributed by atoms with E-state index in [1.807, 2.05) is 6.92 Å². The predicted molar refractivity (Wildman–Crippen MR) is 31.4 cm³/mol. The monoisotopic (exact) mass is 116 g/mol. The van der Waals surface area contributed by atoms with Crippen molar-refractivity contribution < 1.29 is 4.74 Å². The summed E-state index contributed by atoms with van der Waals surface area (Å²) in [6.07, 6.45) is 0. The molecule has 1 saturated heterocycles. The van der Waals surface area contributed by atoms with E-state index in [1.165, 1.54) is 0 Å². The van der Waals surface area contributed by atoms with Gasteiger partial charge in [0.25, 0.3) is 0 Å². The van der Waals surface area contributed by atoms with Gasteiger partial charge in [0.05, 0.1) is 6.61 Å². The molecule has 0 aliphatic carbocycles. The molecule has 0 aromatic carbocycles. The summed E-state index contributed by atoms with van der Waals surface area (Å²) < 4.78 is 5.04. The number of hydrogen-bond acceptors (Lipinski definition) is 3. The Labute approximate surface area is 49.0 Å². The van der Waals surface area contributed by atoms with Crippen molar-refractivity contribution in [1.82, 2.24) is 0 Å². The first-order valence-electron chi connectivity index (χ1n) is 2.78. The van der Waals surface area contributed by atoms with Crippen molar-refractivity contribution in [3.05, 3.63) is 0 Å². The molecular weight excluding hydrogens is 104 g/mol. The lowest BCUT2D eigenvalue weighted by molar-refractivity contribution is 0.285. The van der Waals surface area contributed by atoms with E-state index in [0.29, 0.717) is 6.54 Å². The Morgan fingerprint density at radius 3 is 2.50 bits per heavy atom. The average Bonchev–Trinajstić information content (AvgIpc) is 2.47. The highest BCUT2D eigenvalue weighted by atomic mass is 16.6. The molecule has 8 heavy (non-hydrogen) atoms. The third-order valence-corrected chi connectivity index (χ3v) is 1.64. The fourth-order valence-electron chi connectivity index (χ4n) is 0.577. The summed E-state index contributed by atoms with van der Waals surface area (Å²) in [6, 6.07) is 0.0162. The molecule has 0 saturated carbocycles. The van der Waals surface area contributed by atoms with Crippen LogP contribution in [0.2, 0.25) is 0 Å². The largest absolute Gasteiger partial charge is 0.368 e. The zero-order chi connectivity index (χ0) is 6.20. The van der Waals surface area contributed by atoms with Crippen molar-refractivity contribution in [2.75, 3.05) is 13.2 Å². The number of epoxide rings is 1. The van der Waals surface area contributed by atoms with Crippen LogP contribution in [0.5, 0.6) is 0 Å². The van der Waals surface area contributed by atoms with Gasteiger partial charge in [-0.05, 0) is 6.92 Å². The first-order chi connectivity index (χ1) is 3.69. The molecule has 1 aliphatic heterocycles. The van der Waals surface area contributed by atoms with Crippen LogP contribution in [-0.2, 0) is 4.74 Å². The van der Waals surface area contributed by atoms with E-state index in [-0.39, 0.29) is 11.6 Å². The Hall–Kier alpha value is -0.120. The maximum Gasteiger partial charge on any atom is 0.105 e. The van der Waals surface area contributed by atoms with Gasteiger partial charge >= 0.3 is 0 Å². The van der Waals surface area contributed by atoms with Crippen LogP contribution in [0.25, 0.3) is 0 Å². The van der Waals surface area contributed by atoms with Gasteiger partial charge in [0.2, 0.25) is 0 Å². The third-order valence-electron chi connectivity index (χ3n) is 1.64. The van der Waals surface area contributed by atoms with Crippen LogP contribution in [0.4, 0.5) is 0 Å². The van der Waals surface area contributed by atoms with E-state index >= 15 is 0 Å². The maximum atomic E-state index is 5.56. The SMILES string of the molecule is CC1(C(N)CN)CO1. The van der Waals surface area contributed by atoms with Gasteiger partial charge in [0, 0.05) is 12.6 Å². The molecule has 1 rings (SSSR count). The van der Waals surface area contributed by atoms with Crippen molar-refractivity contribution in [3.63, 3.8) is 0 Å². The molecule has 48 valence electrons. The van der Waals surface area contributed by atoms with E-state index in [9.17, 15) is 0 Å². The van der Waals surface area contributed by atoms with Crippen LogP contribution in [0.1, 0.15) is 6.92 Å².